The molecule has 16 aromatic rings. The number of aryl methyl sites for hydroxylation is 9. The molecule has 0 aliphatic rings. The lowest BCUT2D eigenvalue weighted by Crippen LogP contribution is -2.30. The molecule has 0 aliphatic carbocycles. The Morgan fingerprint density at radius 3 is 1.02 bits per heavy atom. The smallest absolute Gasteiger partial charge is 0.227 e. The molecule has 0 amide bonds. The largest absolute Gasteiger partial charge is 0.437 e. The molecule has 12 heterocycles. The second kappa shape index (κ2) is 25.9. The zero-order valence-corrected chi connectivity index (χ0v) is 58.0. The first kappa shape index (κ1) is 64.0. The maximum absolute atomic E-state index is 6.29. The summed E-state index contributed by atoms with van der Waals surface area (Å²) in [5.41, 5.74) is 24.6. The topological polar surface area (TPSA) is 120 Å². The number of fused-ring (bicyclic) bond motifs is 12. The van der Waals surface area contributed by atoms with E-state index in [9.17, 15) is 0 Å². The highest BCUT2D eigenvalue weighted by atomic mass is 16.4. The van der Waals surface area contributed by atoms with Gasteiger partial charge in [-0.15, -0.1) is 0 Å². The zero-order chi connectivity index (χ0) is 67.4. The van der Waals surface area contributed by atoms with Gasteiger partial charge in [0, 0.05) is 120 Å². The van der Waals surface area contributed by atoms with Gasteiger partial charge in [-0.2, -0.15) is 0 Å². The lowest BCUT2D eigenvalue weighted by molar-refractivity contribution is -0.660. The third kappa shape index (κ3) is 12.2. The van der Waals surface area contributed by atoms with E-state index >= 15 is 0 Å². The average molecular weight is 1270 g/mol. The van der Waals surface area contributed by atoms with Crippen LogP contribution >= 0.6 is 0 Å². The Morgan fingerprint density at radius 1 is 0.344 bits per heavy atom. The number of aromatic nitrogens is 8. The van der Waals surface area contributed by atoms with Crippen LogP contribution in [0.25, 0.3) is 133 Å². The molecule has 0 atom stereocenters. The Hall–Kier alpha value is -10.7. The lowest BCUT2D eigenvalue weighted by atomic mass is 9.91. The van der Waals surface area contributed by atoms with Gasteiger partial charge in [0.15, 0.2) is 47.1 Å². The molecule has 0 aliphatic heterocycles. The Labute approximate surface area is 560 Å². The van der Waals surface area contributed by atoms with Gasteiger partial charge in [-0.05, 0) is 148 Å². The van der Waals surface area contributed by atoms with E-state index in [-0.39, 0.29) is 5.41 Å². The van der Waals surface area contributed by atoms with E-state index in [1.54, 1.807) is 0 Å². The number of hydrogen-bond acceptors (Lipinski definition) is 8. The summed E-state index contributed by atoms with van der Waals surface area (Å²) in [6.45, 7) is 25.7. The molecular weight excluding hydrogens is 1180 g/mol. The van der Waals surface area contributed by atoms with Crippen molar-refractivity contribution in [3.63, 3.8) is 0 Å². The van der Waals surface area contributed by atoms with Crippen LogP contribution in [-0.4, -0.2) is 19.9 Å². The van der Waals surface area contributed by atoms with Crippen LogP contribution in [0.1, 0.15) is 99.4 Å². The van der Waals surface area contributed by atoms with E-state index in [4.69, 9.17) is 32.6 Å². The van der Waals surface area contributed by atoms with Gasteiger partial charge in [0.2, 0.25) is 45.6 Å². The summed E-state index contributed by atoms with van der Waals surface area (Å²) in [6.07, 6.45) is 9.21. The van der Waals surface area contributed by atoms with Crippen molar-refractivity contribution in [1.82, 2.24) is 19.9 Å². The van der Waals surface area contributed by atoms with Crippen LogP contribution in [0.4, 0.5) is 0 Å². The van der Waals surface area contributed by atoms with Crippen molar-refractivity contribution in [3.05, 3.63) is 240 Å². The quantitative estimate of drug-likeness (QED) is 0.145. The maximum Gasteiger partial charge on any atom is 0.227 e. The molecule has 0 saturated carbocycles. The molecule has 0 radical (unpaired) electrons. The van der Waals surface area contributed by atoms with Gasteiger partial charge >= 0.3 is 0 Å². The van der Waals surface area contributed by atoms with Gasteiger partial charge in [0.05, 0.1) is 22.3 Å². The van der Waals surface area contributed by atoms with Crippen molar-refractivity contribution in [3.8, 4) is 45.0 Å². The predicted octanol–water partition coefficient (Wildman–Crippen LogP) is 19.1. The van der Waals surface area contributed by atoms with Gasteiger partial charge in [0.1, 0.15) is 28.2 Å². The number of nitrogens with zero attached hydrogens (tertiary/aromatic N) is 8. The summed E-state index contributed by atoms with van der Waals surface area (Å²) < 4.78 is 33.4. The molecule has 96 heavy (non-hydrogen) atoms. The molecule has 12 nitrogen and oxygen atoms in total. The third-order valence-corrected chi connectivity index (χ3v) is 18.3. The molecular formula is C84H84N8O4+4. The molecule has 0 bridgehead atoms. The van der Waals surface area contributed by atoms with Crippen LogP contribution in [-0.2, 0) is 40.0 Å². The van der Waals surface area contributed by atoms with Crippen molar-refractivity contribution in [2.45, 2.75) is 101 Å². The minimum atomic E-state index is -0.00220. The first-order chi connectivity index (χ1) is 46.1. The second-order valence-electron chi connectivity index (χ2n) is 27.3. The van der Waals surface area contributed by atoms with Crippen LogP contribution in [0.3, 0.4) is 0 Å². The number of hydrogen-bond donors (Lipinski definition) is 0. The van der Waals surface area contributed by atoms with Crippen molar-refractivity contribution < 1.29 is 35.9 Å². The fourth-order valence-electron chi connectivity index (χ4n) is 13.1. The van der Waals surface area contributed by atoms with Crippen LogP contribution in [0.2, 0.25) is 0 Å². The molecule has 0 spiro atoms. The van der Waals surface area contributed by atoms with Crippen LogP contribution in [0, 0.1) is 40.5 Å². The second-order valence-corrected chi connectivity index (χ2v) is 27.3. The number of pyridine rings is 8. The van der Waals surface area contributed by atoms with E-state index in [0.717, 1.165) is 151 Å². The van der Waals surface area contributed by atoms with Crippen molar-refractivity contribution in [2.24, 2.45) is 34.1 Å². The summed E-state index contributed by atoms with van der Waals surface area (Å²) in [5, 5.41) is 8.79. The van der Waals surface area contributed by atoms with Crippen LogP contribution in [0.5, 0.6) is 0 Å². The Bertz CT molecular complexity index is 5640. The summed E-state index contributed by atoms with van der Waals surface area (Å²) in [7, 11) is 8.24. The summed E-state index contributed by atoms with van der Waals surface area (Å²) in [5.74, 6) is 0.964. The van der Waals surface area contributed by atoms with Gasteiger partial charge < -0.3 is 17.7 Å². The Kier molecular flexibility index (Phi) is 17.3. The van der Waals surface area contributed by atoms with Crippen molar-refractivity contribution in [1.29, 1.82) is 0 Å². The van der Waals surface area contributed by atoms with Crippen molar-refractivity contribution >= 4 is 88.3 Å². The fourth-order valence-corrected chi connectivity index (χ4v) is 13.1. The SMILES string of the molecule is Cc1ccc2c(n1)oc1c(-c3cccc[n+]3C)c(C)ccc12.Cc1ccc2c(oc3nc(C(C)(C)C)ccc32)c1-c1cccc[n+]1C.Cc1ccc2c(oc3nc(C(C)C)ccc32)c1-c1cccc[n+]1C.Cc1ccc2c(oc3nc(CC(C)C)ccc32)c1-c1cccc[n+]1C. The van der Waals surface area contributed by atoms with E-state index in [1.165, 1.54) is 22.3 Å². The summed E-state index contributed by atoms with van der Waals surface area (Å²) in [4.78, 5) is 18.8. The van der Waals surface area contributed by atoms with E-state index < -0.39 is 0 Å². The van der Waals surface area contributed by atoms with Gasteiger partial charge in [-0.25, -0.2) is 38.2 Å². The van der Waals surface area contributed by atoms with Crippen molar-refractivity contribution in [2.75, 3.05) is 0 Å². The average Bonchev–Trinajstić information content (AvgIpc) is 1.63. The highest BCUT2D eigenvalue weighted by Gasteiger charge is 2.26. The number of furan rings is 4. The molecule has 16 rings (SSSR count). The van der Waals surface area contributed by atoms with Gasteiger partial charge in [-0.1, -0.05) is 97.0 Å². The highest BCUT2D eigenvalue weighted by molar-refractivity contribution is 6.12. The van der Waals surface area contributed by atoms with Crippen LogP contribution < -0.4 is 18.3 Å². The van der Waals surface area contributed by atoms with Gasteiger partial charge in [0.25, 0.3) is 0 Å². The number of benzene rings is 4. The first-order valence-electron chi connectivity index (χ1n) is 33.2. The van der Waals surface area contributed by atoms with E-state index in [2.05, 4.69) is 292 Å². The predicted molar refractivity (Wildman–Crippen MR) is 388 cm³/mol. The Balaban J connectivity index is 0.000000116. The number of rotatable bonds is 7. The first-order valence-corrected chi connectivity index (χ1v) is 33.2. The maximum atomic E-state index is 6.29. The summed E-state index contributed by atoms with van der Waals surface area (Å²) in [6, 6.07) is 59.0. The molecule has 0 fully saturated rings. The molecule has 12 heteroatoms. The van der Waals surface area contributed by atoms with Gasteiger partial charge in [-0.3, -0.25) is 0 Å². The molecule has 480 valence electrons. The standard InChI is InChI=1S/2C22H23N2O.C21H21N2O.C19H17N2O/c1-14-9-10-15-16-11-12-18(22(2,3)4)23-21(16)25-20(15)19(14)17-8-6-7-13-24(17)5;1-14(2)13-16-9-11-18-17-10-8-15(3)20(21(17)25-22(18)23-16)19-7-5-6-12-24(19)4;1-13(2)17-11-10-16-15-9-8-14(3)19(20(15)24-21(16)22-17)18-7-5-6-12-23(18)4;1-12-7-9-14-15-10-8-13(2)20-19(15)22-18(14)17(12)16-6-4-5-11-21(16)3/h6-13H,1-5H3;5-12,14H,13H2,1-4H3;5-13H,1-4H3;4-11H,1-3H3/q4*+1. The highest BCUT2D eigenvalue weighted by Crippen LogP contribution is 2.41. The molecule has 0 saturated heterocycles. The molecule has 0 unspecified atom stereocenters. The van der Waals surface area contributed by atoms with E-state index in [0.29, 0.717) is 23.3 Å². The zero-order valence-electron chi connectivity index (χ0n) is 58.0. The van der Waals surface area contributed by atoms with Crippen LogP contribution in [0.15, 0.2) is 212 Å². The monoisotopic (exact) mass is 1270 g/mol. The molecule has 0 N–H and O–H groups in total. The third-order valence-electron chi connectivity index (χ3n) is 18.3. The fraction of sp³-hybridized carbons (Fsp3) is 0.238. The summed E-state index contributed by atoms with van der Waals surface area (Å²) >= 11 is 0. The molecule has 4 aromatic carbocycles. The normalized spacial score (nSPS) is 11.8. The van der Waals surface area contributed by atoms with E-state index in [1.807, 2.05) is 37.3 Å². The Morgan fingerprint density at radius 2 is 0.667 bits per heavy atom. The minimum absolute atomic E-state index is 0.00220. The lowest BCUT2D eigenvalue weighted by Gasteiger charge is -2.16. The minimum Gasteiger partial charge on any atom is -0.437 e. The molecule has 12 aromatic heterocycles.